The van der Waals surface area contributed by atoms with Crippen LogP contribution in [0.5, 0.6) is 0 Å². The Morgan fingerprint density at radius 1 is 1.40 bits per heavy atom. The second-order valence-corrected chi connectivity index (χ2v) is 3.43. The second-order valence-electron chi connectivity index (χ2n) is 3.43. The van der Waals surface area contributed by atoms with E-state index in [-0.39, 0.29) is 34.2 Å². The summed E-state index contributed by atoms with van der Waals surface area (Å²) in [6.45, 7) is 6.03. The van der Waals surface area contributed by atoms with Gasteiger partial charge in [0.05, 0.1) is 0 Å². The van der Waals surface area contributed by atoms with Gasteiger partial charge in [-0.2, -0.15) is 0 Å². The van der Waals surface area contributed by atoms with Crippen molar-refractivity contribution in [3.8, 4) is 0 Å². The van der Waals surface area contributed by atoms with Crippen molar-refractivity contribution >= 4 is 5.97 Å². The molecule has 0 saturated carbocycles. The van der Waals surface area contributed by atoms with Gasteiger partial charge in [0, 0.05) is 5.97 Å². The summed E-state index contributed by atoms with van der Waals surface area (Å²) < 4.78 is 0. The normalized spacial score (nSPS) is 10.3. The van der Waals surface area contributed by atoms with E-state index in [4.69, 9.17) is 0 Å². The minimum Gasteiger partial charge on any atom is -0.550 e. The van der Waals surface area contributed by atoms with Gasteiger partial charge in [0.2, 0.25) is 0 Å². The molecule has 0 aliphatic heterocycles. The molecule has 0 amide bonds. The molecular formula is C7H13AgO2. The largest absolute Gasteiger partial charge is 1.00 e. The Hall–Kier alpha value is 0.210. The Kier molecular flexibility index (Phi) is 6.35. The van der Waals surface area contributed by atoms with Crippen LogP contribution in [0.2, 0.25) is 0 Å². The summed E-state index contributed by atoms with van der Waals surface area (Å²) in [5, 5.41) is 9.93. The predicted octanol–water partition coefficient (Wildman–Crippen LogP) is 0.560. The number of carbonyl (C=O) groups is 1. The molecule has 0 saturated heterocycles. The fourth-order valence-electron chi connectivity index (χ4n) is 0.477. The van der Waals surface area contributed by atoms with Crippen molar-refractivity contribution in [3.05, 3.63) is 0 Å². The van der Waals surface area contributed by atoms with E-state index >= 15 is 0 Å². The summed E-state index contributed by atoms with van der Waals surface area (Å²) in [5.41, 5.74) is 0.111. The molecule has 10 heavy (non-hydrogen) atoms. The number of carboxylic acid groups (broad SMARTS) is 1. The Labute approximate surface area is 77.5 Å². The number of hydrogen-bond donors (Lipinski definition) is 0. The van der Waals surface area contributed by atoms with Gasteiger partial charge in [-0.3, -0.25) is 0 Å². The van der Waals surface area contributed by atoms with E-state index in [1.165, 1.54) is 0 Å². The Balaban J connectivity index is 0. The van der Waals surface area contributed by atoms with Gasteiger partial charge in [-0.05, 0) is 18.3 Å². The van der Waals surface area contributed by atoms with Crippen LogP contribution in [0.4, 0.5) is 0 Å². The first kappa shape index (κ1) is 12.8. The molecule has 0 N–H and O–H groups in total. The third kappa shape index (κ3) is 11.1. The minimum absolute atomic E-state index is 0. The van der Waals surface area contributed by atoms with Crippen LogP contribution in [-0.4, -0.2) is 5.97 Å². The van der Waals surface area contributed by atoms with E-state index < -0.39 is 5.97 Å². The van der Waals surface area contributed by atoms with E-state index in [1.54, 1.807) is 0 Å². The smallest absolute Gasteiger partial charge is 0.550 e. The van der Waals surface area contributed by atoms with Crippen LogP contribution in [0.15, 0.2) is 0 Å². The van der Waals surface area contributed by atoms with Crippen LogP contribution in [-0.2, 0) is 27.2 Å². The molecule has 0 atom stereocenters. The van der Waals surface area contributed by atoms with Crippen molar-refractivity contribution in [1.82, 2.24) is 0 Å². The maximum atomic E-state index is 9.93. The molecule has 0 rings (SSSR count). The van der Waals surface area contributed by atoms with Gasteiger partial charge in [0.25, 0.3) is 0 Å². The first-order chi connectivity index (χ1) is 3.92. The van der Waals surface area contributed by atoms with Gasteiger partial charge in [-0.1, -0.05) is 20.8 Å². The molecule has 0 fully saturated rings. The van der Waals surface area contributed by atoms with Crippen molar-refractivity contribution in [2.75, 3.05) is 0 Å². The van der Waals surface area contributed by atoms with Gasteiger partial charge in [-0.25, -0.2) is 0 Å². The Morgan fingerprint density at radius 2 is 1.80 bits per heavy atom. The van der Waals surface area contributed by atoms with Gasteiger partial charge in [0.1, 0.15) is 0 Å². The Bertz CT molecular complexity index is 105. The zero-order valence-electron chi connectivity index (χ0n) is 6.53. The molecule has 0 spiro atoms. The molecule has 0 aromatic heterocycles. The van der Waals surface area contributed by atoms with Crippen LogP contribution in [0.3, 0.4) is 0 Å². The van der Waals surface area contributed by atoms with Gasteiger partial charge in [-0.15, -0.1) is 0 Å². The second kappa shape index (κ2) is 4.94. The van der Waals surface area contributed by atoms with Crippen molar-refractivity contribution < 1.29 is 32.3 Å². The van der Waals surface area contributed by atoms with Crippen molar-refractivity contribution in [1.29, 1.82) is 0 Å². The molecule has 0 aromatic rings. The monoisotopic (exact) mass is 236 g/mol. The van der Waals surface area contributed by atoms with E-state index in [2.05, 4.69) is 0 Å². The molecule has 2 nitrogen and oxygen atoms in total. The van der Waals surface area contributed by atoms with Crippen LogP contribution in [0.1, 0.15) is 33.6 Å². The SMILES string of the molecule is CC(C)(C)CCC(=O)[O-].[Ag+]. The number of carboxylic acids is 1. The molecule has 0 radical (unpaired) electrons. The first-order valence-electron chi connectivity index (χ1n) is 3.12. The third-order valence-electron chi connectivity index (χ3n) is 1.08. The maximum absolute atomic E-state index is 9.93. The van der Waals surface area contributed by atoms with Gasteiger partial charge in [0.15, 0.2) is 0 Å². The average Bonchev–Trinajstić information content (AvgIpc) is 1.59. The van der Waals surface area contributed by atoms with Crippen molar-refractivity contribution in [2.45, 2.75) is 33.6 Å². The molecule has 0 bridgehead atoms. The van der Waals surface area contributed by atoms with E-state index in [0.29, 0.717) is 6.42 Å². The molecule has 0 unspecified atom stereocenters. The summed E-state index contributed by atoms with van der Waals surface area (Å²) in [5.74, 6) is -0.954. The summed E-state index contributed by atoms with van der Waals surface area (Å²) in [7, 11) is 0. The summed E-state index contributed by atoms with van der Waals surface area (Å²) in [4.78, 5) is 9.93. The first-order valence-corrected chi connectivity index (χ1v) is 3.12. The Morgan fingerprint density at radius 3 is 1.90 bits per heavy atom. The van der Waals surface area contributed by atoms with Crippen LogP contribution in [0.25, 0.3) is 0 Å². The predicted molar refractivity (Wildman–Crippen MR) is 33.7 cm³/mol. The molecular weight excluding hydrogens is 224 g/mol. The fourth-order valence-corrected chi connectivity index (χ4v) is 0.477. The molecule has 0 aromatic carbocycles. The standard InChI is InChI=1S/C7H14O2.Ag/c1-7(2,3)5-4-6(8)9;/h4-5H2,1-3H3,(H,8,9);/q;+1/p-1. The molecule has 64 valence electrons. The zero-order valence-corrected chi connectivity index (χ0v) is 8.01. The average molecular weight is 237 g/mol. The van der Waals surface area contributed by atoms with E-state index in [1.807, 2.05) is 20.8 Å². The summed E-state index contributed by atoms with van der Waals surface area (Å²) in [6, 6.07) is 0. The maximum Gasteiger partial charge on any atom is 1.00 e. The molecule has 0 aliphatic rings. The van der Waals surface area contributed by atoms with Crippen molar-refractivity contribution in [3.63, 3.8) is 0 Å². The zero-order chi connectivity index (χ0) is 7.49. The number of rotatable bonds is 2. The van der Waals surface area contributed by atoms with Crippen LogP contribution < -0.4 is 5.11 Å². The summed E-state index contributed by atoms with van der Waals surface area (Å²) in [6.07, 6.45) is 0.860. The topological polar surface area (TPSA) is 40.1 Å². The number of hydrogen-bond acceptors (Lipinski definition) is 2. The molecule has 3 heteroatoms. The number of aliphatic carboxylic acids is 1. The quantitative estimate of drug-likeness (QED) is 0.658. The van der Waals surface area contributed by atoms with Gasteiger partial charge >= 0.3 is 22.4 Å². The summed E-state index contributed by atoms with van der Waals surface area (Å²) >= 11 is 0. The van der Waals surface area contributed by atoms with E-state index in [0.717, 1.165) is 0 Å². The van der Waals surface area contributed by atoms with Gasteiger partial charge < -0.3 is 9.90 Å². The van der Waals surface area contributed by atoms with Crippen molar-refractivity contribution in [2.24, 2.45) is 5.41 Å². The third-order valence-corrected chi connectivity index (χ3v) is 1.08. The molecule has 0 aliphatic carbocycles. The number of carbonyl (C=O) groups excluding carboxylic acids is 1. The minimum atomic E-state index is -0.954. The van der Waals surface area contributed by atoms with E-state index in [9.17, 15) is 9.90 Å². The fraction of sp³-hybridized carbons (Fsp3) is 0.857. The molecule has 0 heterocycles. The van der Waals surface area contributed by atoms with Crippen LogP contribution in [0, 0.1) is 5.41 Å². The van der Waals surface area contributed by atoms with Crippen LogP contribution >= 0.6 is 0 Å².